The van der Waals surface area contributed by atoms with Gasteiger partial charge in [0.2, 0.25) is 0 Å². The van der Waals surface area contributed by atoms with Gasteiger partial charge in [-0.2, -0.15) is 0 Å². The Kier molecular flexibility index (Phi) is 2.06. The largest absolute Gasteiger partial charge is 0.508 e. The van der Waals surface area contributed by atoms with E-state index in [2.05, 4.69) is 10.2 Å². The Morgan fingerprint density at radius 1 is 1.33 bits per heavy atom. The van der Waals surface area contributed by atoms with Crippen LogP contribution in [0.4, 0.5) is 5.69 Å². The molecule has 3 rings (SSSR count). The van der Waals surface area contributed by atoms with Gasteiger partial charge in [0.15, 0.2) is 0 Å². The summed E-state index contributed by atoms with van der Waals surface area (Å²) in [4.78, 5) is 2.50. The first-order valence-electron chi connectivity index (χ1n) is 5.65. The molecule has 1 aromatic rings. The molecule has 1 saturated heterocycles. The lowest BCUT2D eigenvalue weighted by molar-refractivity contribution is 0.112. The number of nitrogens with one attached hydrogen (secondary N) is 1. The molecule has 0 aromatic heterocycles. The molecule has 15 heavy (non-hydrogen) atoms. The van der Waals surface area contributed by atoms with Crippen LogP contribution in [0.2, 0.25) is 0 Å². The van der Waals surface area contributed by atoms with E-state index in [1.54, 1.807) is 6.07 Å². The van der Waals surface area contributed by atoms with E-state index in [-0.39, 0.29) is 0 Å². The first-order valence-corrected chi connectivity index (χ1v) is 5.65. The monoisotopic (exact) mass is 204 g/mol. The molecule has 1 atom stereocenters. The summed E-state index contributed by atoms with van der Waals surface area (Å²) in [5.41, 5.74) is 2.46. The number of aromatic hydroxyl groups is 1. The number of fused-ring (bicyclic) bond motifs is 1. The van der Waals surface area contributed by atoms with Crippen LogP contribution < -0.4 is 5.32 Å². The molecule has 2 heterocycles. The predicted molar refractivity (Wildman–Crippen MR) is 60.1 cm³/mol. The first-order chi connectivity index (χ1) is 7.34. The molecular formula is C12H16N2O. The predicted octanol–water partition coefficient (Wildman–Crippen LogP) is 1.95. The summed E-state index contributed by atoms with van der Waals surface area (Å²) in [5.74, 6) is 0.378. The highest BCUT2D eigenvalue weighted by molar-refractivity contribution is 5.57. The average molecular weight is 204 g/mol. The second-order valence-electron chi connectivity index (χ2n) is 4.39. The minimum atomic E-state index is 0.378. The molecule has 0 bridgehead atoms. The summed E-state index contributed by atoms with van der Waals surface area (Å²) in [7, 11) is 0. The summed E-state index contributed by atoms with van der Waals surface area (Å²) < 4.78 is 0. The molecule has 1 unspecified atom stereocenters. The zero-order chi connectivity index (χ0) is 10.3. The lowest BCUT2D eigenvalue weighted by Gasteiger charge is -2.41. The Bertz CT molecular complexity index is 374. The van der Waals surface area contributed by atoms with Gasteiger partial charge in [-0.3, -0.25) is 4.90 Å². The van der Waals surface area contributed by atoms with E-state index in [1.807, 2.05) is 12.1 Å². The summed E-state index contributed by atoms with van der Waals surface area (Å²) >= 11 is 0. The Morgan fingerprint density at radius 2 is 2.20 bits per heavy atom. The molecule has 80 valence electrons. The van der Waals surface area contributed by atoms with Gasteiger partial charge in [-0.15, -0.1) is 0 Å². The van der Waals surface area contributed by atoms with Crippen molar-refractivity contribution < 1.29 is 5.11 Å². The molecule has 3 heteroatoms. The van der Waals surface area contributed by atoms with Gasteiger partial charge in [-0.1, -0.05) is 0 Å². The quantitative estimate of drug-likeness (QED) is 0.686. The number of rotatable bonds is 1. The zero-order valence-corrected chi connectivity index (χ0v) is 8.74. The maximum Gasteiger partial charge on any atom is 0.116 e. The molecule has 2 aliphatic heterocycles. The van der Waals surface area contributed by atoms with E-state index in [9.17, 15) is 5.11 Å². The Labute approximate surface area is 89.7 Å². The maximum absolute atomic E-state index is 9.53. The van der Waals surface area contributed by atoms with Gasteiger partial charge in [0.25, 0.3) is 0 Å². The van der Waals surface area contributed by atoms with Crippen molar-refractivity contribution in [1.82, 2.24) is 4.90 Å². The zero-order valence-electron chi connectivity index (χ0n) is 8.74. The van der Waals surface area contributed by atoms with Crippen LogP contribution in [-0.2, 0) is 0 Å². The van der Waals surface area contributed by atoms with Crippen LogP contribution in [0, 0.1) is 0 Å². The van der Waals surface area contributed by atoms with Gasteiger partial charge in [-0.05, 0) is 49.7 Å². The van der Waals surface area contributed by atoms with Crippen molar-refractivity contribution in [1.29, 1.82) is 0 Å². The highest BCUT2D eigenvalue weighted by Crippen LogP contribution is 2.37. The van der Waals surface area contributed by atoms with Gasteiger partial charge < -0.3 is 10.4 Å². The number of hydrogen-bond donors (Lipinski definition) is 2. The third kappa shape index (κ3) is 1.47. The number of phenolic OH excluding ortho intramolecular Hbond substituents is 1. The smallest absolute Gasteiger partial charge is 0.116 e. The molecule has 0 saturated carbocycles. The van der Waals surface area contributed by atoms with Crippen LogP contribution in [0.1, 0.15) is 24.4 Å². The fourth-order valence-corrected chi connectivity index (χ4v) is 2.52. The van der Waals surface area contributed by atoms with Crippen molar-refractivity contribution in [2.24, 2.45) is 0 Å². The van der Waals surface area contributed by atoms with Crippen molar-refractivity contribution in [3.8, 4) is 5.75 Å². The van der Waals surface area contributed by atoms with Crippen molar-refractivity contribution in [2.45, 2.75) is 18.9 Å². The van der Waals surface area contributed by atoms with Crippen molar-refractivity contribution in [2.75, 3.05) is 25.0 Å². The van der Waals surface area contributed by atoms with Crippen molar-refractivity contribution in [3.05, 3.63) is 23.8 Å². The highest BCUT2D eigenvalue weighted by Gasteiger charge is 2.29. The van der Waals surface area contributed by atoms with Crippen LogP contribution >= 0.6 is 0 Å². The second-order valence-corrected chi connectivity index (χ2v) is 4.39. The molecule has 2 aliphatic rings. The summed E-state index contributed by atoms with van der Waals surface area (Å²) in [6, 6.07) is 6.16. The van der Waals surface area contributed by atoms with Crippen LogP contribution in [-0.4, -0.2) is 29.6 Å². The van der Waals surface area contributed by atoms with Gasteiger partial charge >= 0.3 is 0 Å². The van der Waals surface area contributed by atoms with E-state index >= 15 is 0 Å². The molecule has 1 fully saturated rings. The summed E-state index contributed by atoms with van der Waals surface area (Å²) in [6.45, 7) is 3.46. The van der Waals surface area contributed by atoms with E-state index < -0.39 is 0 Å². The van der Waals surface area contributed by atoms with Gasteiger partial charge in [0, 0.05) is 18.3 Å². The number of nitrogens with zero attached hydrogens (tertiary/aromatic N) is 1. The van der Waals surface area contributed by atoms with Crippen molar-refractivity contribution in [3.63, 3.8) is 0 Å². The fraction of sp³-hybridized carbons (Fsp3) is 0.500. The molecule has 0 amide bonds. The average Bonchev–Trinajstić information content (AvgIpc) is 2.16. The van der Waals surface area contributed by atoms with Gasteiger partial charge in [0.05, 0.1) is 0 Å². The molecule has 1 aromatic carbocycles. The molecular weight excluding hydrogens is 188 g/mol. The highest BCUT2D eigenvalue weighted by atomic mass is 16.3. The maximum atomic E-state index is 9.53. The van der Waals surface area contributed by atoms with Crippen LogP contribution in [0.15, 0.2) is 18.2 Å². The molecule has 0 aliphatic carbocycles. The number of benzene rings is 1. The fourth-order valence-electron chi connectivity index (χ4n) is 2.52. The minimum absolute atomic E-state index is 0.378. The second kappa shape index (κ2) is 3.42. The Balaban J connectivity index is 1.96. The number of hydrogen-bond acceptors (Lipinski definition) is 3. The standard InChI is InChI=1S/C12H16N2O/c15-9-2-3-11-10(8-9)12(4-5-13-11)14-6-1-7-14/h2-3,8,12-13,15H,1,4-7H2. The first kappa shape index (κ1) is 9.04. The summed E-state index contributed by atoms with van der Waals surface area (Å²) in [5, 5.41) is 12.9. The third-order valence-corrected chi connectivity index (χ3v) is 3.46. The Hall–Kier alpha value is -1.22. The summed E-state index contributed by atoms with van der Waals surface area (Å²) in [6.07, 6.45) is 2.47. The van der Waals surface area contributed by atoms with Crippen LogP contribution in [0.3, 0.4) is 0 Å². The van der Waals surface area contributed by atoms with Crippen LogP contribution in [0.25, 0.3) is 0 Å². The molecule has 0 spiro atoms. The van der Waals surface area contributed by atoms with Crippen molar-refractivity contribution >= 4 is 5.69 Å². The van der Waals surface area contributed by atoms with E-state index in [0.29, 0.717) is 11.8 Å². The number of anilines is 1. The SMILES string of the molecule is Oc1ccc2c(c1)C(N1CCC1)CCN2. The topological polar surface area (TPSA) is 35.5 Å². The minimum Gasteiger partial charge on any atom is -0.508 e. The van der Waals surface area contributed by atoms with E-state index in [4.69, 9.17) is 0 Å². The Morgan fingerprint density at radius 3 is 2.93 bits per heavy atom. The molecule has 0 radical (unpaired) electrons. The van der Waals surface area contributed by atoms with E-state index in [0.717, 1.165) is 13.0 Å². The number of likely N-dealkylation sites (tertiary alicyclic amines) is 1. The van der Waals surface area contributed by atoms with Gasteiger partial charge in [0.1, 0.15) is 5.75 Å². The number of phenols is 1. The lowest BCUT2D eigenvalue weighted by atomic mass is 9.94. The lowest BCUT2D eigenvalue weighted by Crippen LogP contribution is -2.42. The molecule has 2 N–H and O–H groups in total. The van der Waals surface area contributed by atoms with E-state index in [1.165, 1.54) is 30.8 Å². The molecule has 3 nitrogen and oxygen atoms in total. The van der Waals surface area contributed by atoms with Crippen LogP contribution in [0.5, 0.6) is 5.75 Å². The normalized spacial score (nSPS) is 25.2. The third-order valence-electron chi connectivity index (χ3n) is 3.46. The van der Waals surface area contributed by atoms with Gasteiger partial charge in [-0.25, -0.2) is 0 Å².